The number of aromatic nitrogens is 1. The van der Waals surface area contributed by atoms with Crippen molar-refractivity contribution in [2.45, 2.75) is 26.8 Å². The Balaban J connectivity index is 3.01. The molecule has 1 atom stereocenters. The van der Waals surface area contributed by atoms with Crippen LogP contribution in [-0.2, 0) is 0 Å². The van der Waals surface area contributed by atoms with Crippen LogP contribution in [0.2, 0.25) is 0 Å². The standard InChI is InChI=1S/C14H22N4/c1-6-18(12(3)10-17(4)5)14-8-13(9-15)7-11(2)16-14/h7-8,12H,6,10H2,1-5H3. The van der Waals surface area contributed by atoms with Gasteiger partial charge in [-0.2, -0.15) is 5.26 Å². The van der Waals surface area contributed by atoms with Gasteiger partial charge in [-0.3, -0.25) is 0 Å². The number of hydrogen-bond acceptors (Lipinski definition) is 4. The van der Waals surface area contributed by atoms with E-state index in [2.05, 4.69) is 48.8 Å². The number of aryl methyl sites for hydroxylation is 1. The van der Waals surface area contributed by atoms with Gasteiger partial charge >= 0.3 is 0 Å². The van der Waals surface area contributed by atoms with Gasteiger partial charge in [-0.15, -0.1) is 0 Å². The number of likely N-dealkylation sites (N-methyl/N-ethyl adjacent to an activating group) is 2. The molecule has 4 heteroatoms. The van der Waals surface area contributed by atoms with E-state index in [-0.39, 0.29) is 0 Å². The zero-order chi connectivity index (χ0) is 13.7. The van der Waals surface area contributed by atoms with Gasteiger partial charge in [0.05, 0.1) is 11.6 Å². The van der Waals surface area contributed by atoms with Crippen molar-refractivity contribution in [3.8, 4) is 6.07 Å². The monoisotopic (exact) mass is 246 g/mol. The molecule has 0 fully saturated rings. The van der Waals surface area contributed by atoms with Gasteiger partial charge in [-0.05, 0) is 47.0 Å². The minimum atomic E-state index is 0.367. The molecule has 0 radical (unpaired) electrons. The average Bonchev–Trinajstić information content (AvgIpc) is 2.28. The summed E-state index contributed by atoms with van der Waals surface area (Å²) in [5.41, 5.74) is 1.56. The van der Waals surface area contributed by atoms with Crippen molar-refractivity contribution >= 4 is 5.82 Å². The molecule has 1 aromatic rings. The second-order valence-corrected chi connectivity index (χ2v) is 4.86. The maximum Gasteiger partial charge on any atom is 0.130 e. The molecule has 1 heterocycles. The third-order valence-electron chi connectivity index (χ3n) is 2.87. The number of nitrogens with zero attached hydrogens (tertiary/aromatic N) is 4. The summed E-state index contributed by atoms with van der Waals surface area (Å²) in [6, 6.07) is 6.23. The lowest BCUT2D eigenvalue weighted by Crippen LogP contribution is -2.40. The first-order valence-electron chi connectivity index (χ1n) is 6.28. The van der Waals surface area contributed by atoms with Crippen LogP contribution in [0, 0.1) is 18.3 Å². The van der Waals surface area contributed by atoms with Gasteiger partial charge in [0, 0.05) is 24.8 Å². The quantitative estimate of drug-likeness (QED) is 0.797. The van der Waals surface area contributed by atoms with Crippen molar-refractivity contribution in [2.24, 2.45) is 0 Å². The largest absolute Gasteiger partial charge is 0.353 e. The van der Waals surface area contributed by atoms with Crippen molar-refractivity contribution in [2.75, 3.05) is 32.1 Å². The molecule has 0 bridgehead atoms. The van der Waals surface area contributed by atoms with E-state index in [1.807, 2.05) is 19.1 Å². The summed E-state index contributed by atoms with van der Waals surface area (Å²) < 4.78 is 0. The molecule has 1 unspecified atom stereocenters. The van der Waals surface area contributed by atoms with Crippen molar-refractivity contribution in [3.05, 3.63) is 23.4 Å². The van der Waals surface area contributed by atoms with Gasteiger partial charge in [0.15, 0.2) is 0 Å². The predicted molar refractivity (Wildman–Crippen MR) is 74.7 cm³/mol. The molecule has 18 heavy (non-hydrogen) atoms. The Bertz CT molecular complexity index is 434. The Kier molecular flexibility index (Phi) is 5.11. The summed E-state index contributed by atoms with van der Waals surface area (Å²) in [6.45, 7) is 8.07. The van der Waals surface area contributed by atoms with E-state index in [0.29, 0.717) is 11.6 Å². The molecule has 0 saturated heterocycles. The number of hydrogen-bond donors (Lipinski definition) is 0. The summed E-state index contributed by atoms with van der Waals surface area (Å²) in [7, 11) is 4.13. The molecular formula is C14H22N4. The van der Waals surface area contributed by atoms with Crippen molar-refractivity contribution < 1.29 is 0 Å². The maximum atomic E-state index is 9.02. The Labute approximate surface area is 110 Å². The van der Waals surface area contributed by atoms with Gasteiger partial charge < -0.3 is 9.80 Å². The summed E-state index contributed by atoms with van der Waals surface area (Å²) >= 11 is 0. The summed E-state index contributed by atoms with van der Waals surface area (Å²) in [5, 5.41) is 9.02. The van der Waals surface area contributed by atoms with Crippen LogP contribution in [0.15, 0.2) is 12.1 Å². The van der Waals surface area contributed by atoms with E-state index in [0.717, 1.165) is 24.6 Å². The Morgan fingerprint density at radius 3 is 2.56 bits per heavy atom. The molecular weight excluding hydrogens is 224 g/mol. The molecule has 4 nitrogen and oxygen atoms in total. The summed E-state index contributed by atoms with van der Waals surface area (Å²) in [5.74, 6) is 0.892. The molecule has 0 amide bonds. The van der Waals surface area contributed by atoms with Crippen LogP contribution < -0.4 is 4.90 Å². The van der Waals surface area contributed by atoms with E-state index < -0.39 is 0 Å². The normalized spacial score (nSPS) is 12.3. The topological polar surface area (TPSA) is 43.2 Å². The zero-order valence-corrected chi connectivity index (χ0v) is 11.9. The minimum absolute atomic E-state index is 0.367. The highest BCUT2D eigenvalue weighted by molar-refractivity contribution is 5.47. The first-order chi connectivity index (χ1) is 8.47. The Hall–Kier alpha value is -1.60. The van der Waals surface area contributed by atoms with E-state index in [1.54, 1.807) is 0 Å². The number of nitriles is 1. The van der Waals surface area contributed by atoms with Crippen LogP contribution in [-0.4, -0.2) is 43.1 Å². The number of anilines is 1. The lowest BCUT2D eigenvalue weighted by atomic mass is 10.2. The SMILES string of the molecule is CCN(c1cc(C#N)cc(C)n1)C(C)CN(C)C. The third kappa shape index (κ3) is 3.71. The van der Waals surface area contributed by atoms with Gasteiger partial charge in [0.2, 0.25) is 0 Å². The molecule has 0 spiro atoms. The fraction of sp³-hybridized carbons (Fsp3) is 0.571. The van der Waals surface area contributed by atoms with Gasteiger partial charge in [0.25, 0.3) is 0 Å². The van der Waals surface area contributed by atoms with Crippen LogP contribution in [0.3, 0.4) is 0 Å². The fourth-order valence-electron chi connectivity index (χ4n) is 2.19. The maximum absolute atomic E-state index is 9.02. The minimum Gasteiger partial charge on any atom is -0.353 e. The van der Waals surface area contributed by atoms with Crippen LogP contribution in [0.25, 0.3) is 0 Å². The smallest absolute Gasteiger partial charge is 0.130 e. The van der Waals surface area contributed by atoms with E-state index in [4.69, 9.17) is 5.26 Å². The lowest BCUT2D eigenvalue weighted by Gasteiger charge is -2.31. The van der Waals surface area contributed by atoms with E-state index >= 15 is 0 Å². The molecule has 0 aliphatic carbocycles. The summed E-state index contributed by atoms with van der Waals surface area (Å²) in [4.78, 5) is 8.93. The zero-order valence-electron chi connectivity index (χ0n) is 11.9. The molecule has 98 valence electrons. The second-order valence-electron chi connectivity index (χ2n) is 4.86. The lowest BCUT2D eigenvalue weighted by molar-refractivity contribution is 0.372. The van der Waals surface area contributed by atoms with Gasteiger partial charge in [-0.1, -0.05) is 0 Å². The molecule has 1 rings (SSSR count). The molecule has 0 saturated carbocycles. The van der Waals surface area contributed by atoms with Crippen LogP contribution in [0.4, 0.5) is 5.82 Å². The van der Waals surface area contributed by atoms with Crippen LogP contribution in [0.5, 0.6) is 0 Å². The van der Waals surface area contributed by atoms with E-state index in [9.17, 15) is 0 Å². The molecule has 0 aliphatic rings. The number of pyridine rings is 1. The molecule has 0 aliphatic heterocycles. The molecule has 0 N–H and O–H groups in total. The van der Waals surface area contributed by atoms with Crippen molar-refractivity contribution in [3.63, 3.8) is 0 Å². The Morgan fingerprint density at radius 2 is 2.06 bits per heavy atom. The van der Waals surface area contributed by atoms with Crippen LogP contribution >= 0.6 is 0 Å². The average molecular weight is 246 g/mol. The summed E-state index contributed by atoms with van der Waals surface area (Å²) in [6.07, 6.45) is 0. The molecule has 1 aromatic heterocycles. The predicted octanol–water partition coefficient (Wildman–Crippen LogP) is 2.04. The Morgan fingerprint density at radius 1 is 1.39 bits per heavy atom. The van der Waals surface area contributed by atoms with Crippen molar-refractivity contribution in [1.29, 1.82) is 5.26 Å². The highest BCUT2D eigenvalue weighted by atomic mass is 15.2. The third-order valence-corrected chi connectivity index (χ3v) is 2.87. The first kappa shape index (κ1) is 14.5. The number of rotatable bonds is 5. The van der Waals surface area contributed by atoms with E-state index in [1.165, 1.54) is 0 Å². The highest BCUT2D eigenvalue weighted by Crippen LogP contribution is 2.17. The van der Waals surface area contributed by atoms with Gasteiger partial charge in [-0.25, -0.2) is 4.98 Å². The van der Waals surface area contributed by atoms with Gasteiger partial charge in [0.1, 0.15) is 5.82 Å². The second kappa shape index (κ2) is 6.36. The van der Waals surface area contributed by atoms with Crippen LogP contribution in [0.1, 0.15) is 25.1 Å². The van der Waals surface area contributed by atoms with Crippen molar-refractivity contribution in [1.82, 2.24) is 9.88 Å². The highest BCUT2D eigenvalue weighted by Gasteiger charge is 2.15. The first-order valence-corrected chi connectivity index (χ1v) is 6.28. The fourth-order valence-corrected chi connectivity index (χ4v) is 2.19. The molecule has 0 aromatic carbocycles.